The van der Waals surface area contributed by atoms with Crippen LogP contribution in [0.4, 0.5) is 4.39 Å². The Morgan fingerprint density at radius 2 is 2.06 bits per heavy atom. The summed E-state index contributed by atoms with van der Waals surface area (Å²) in [6, 6.07) is 5.14. The number of halogens is 1. The average Bonchev–Trinajstić information content (AvgIpc) is 2.25. The summed E-state index contributed by atoms with van der Waals surface area (Å²) in [5.74, 6) is 0.282. The lowest BCUT2D eigenvalue weighted by atomic mass is 10.0. The molecule has 2 nitrogen and oxygen atoms in total. The van der Waals surface area contributed by atoms with E-state index in [1.54, 1.807) is 6.07 Å². The molecule has 0 fully saturated rings. The number of benzene rings is 1. The average molecular weight is 239 g/mol. The molecule has 0 radical (unpaired) electrons. The van der Waals surface area contributed by atoms with E-state index in [2.05, 4.69) is 19.2 Å². The molecule has 1 aromatic rings. The van der Waals surface area contributed by atoms with Gasteiger partial charge in [-0.2, -0.15) is 0 Å². The first-order valence-corrected chi connectivity index (χ1v) is 6.14. The van der Waals surface area contributed by atoms with Crippen molar-refractivity contribution >= 4 is 0 Å². The van der Waals surface area contributed by atoms with E-state index < -0.39 is 0 Å². The summed E-state index contributed by atoms with van der Waals surface area (Å²) in [5, 5.41) is 12.4. The van der Waals surface area contributed by atoms with Gasteiger partial charge in [-0.1, -0.05) is 19.9 Å². The highest BCUT2D eigenvalue weighted by Crippen LogP contribution is 2.12. The summed E-state index contributed by atoms with van der Waals surface area (Å²) in [5.41, 5.74) is 2.07. The molecule has 3 heteroatoms. The van der Waals surface area contributed by atoms with Crippen molar-refractivity contribution in [3.8, 4) is 0 Å². The predicted molar refractivity (Wildman–Crippen MR) is 68.3 cm³/mol. The Balaban J connectivity index is 2.59. The number of aliphatic hydroxyl groups is 1. The molecule has 1 unspecified atom stereocenters. The second kappa shape index (κ2) is 6.72. The third kappa shape index (κ3) is 4.44. The molecular formula is C14H22FNO. The van der Waals surface area contributed by atoms with Crippen LogP contribution in [0.25, 0.3) is 0 Å². The molecule has 0 saturated heterocycles. The van der Waals surface area contributed by atoms with E-state index in [0.29, 0.717) is 12.0 Å². The summed E-state index contributed by atoms with van der Waals surface area (Å²) in [6.45, 7) is 7.08. The lowest BCUT2D eigenvalue weighted by Crippen LogP contribution is -2.34. The lowest BCUT2D eigenvalue weighted by Gasteiger charge is -2.22. The maximum atomic E-state index is 12.9. The first kappa shape index (κ1) is 14.1. The van der Waals surface area contributed by atoms with Crippen molar-refractivity contribution in [1.29, 1.82) is 0 Å². The molecule has 0 aliphatic rings. The van der Waals surface area contributed by atoms with Crippen LogP contribution in [-0.4, -0.2) is 17.8 Å². The lowest BCUT2D eigenvalue weighted by molar-refractivity contribution is 0.244. The first-order chi connectivity index (χ1) is 8.04. The highest BCUT2D eigenvalue weighted by molar-refractivity contribution is 5.26. The van der Waals surface area contributed by atoms with Gasteiger partial charge < -0.3 is 10.4 Å². The van der Waals surface area contributed by atoms with Crippen molar-refractivity contribution in [2.75, 3.05) is 6.61 Å². The minimum atomic E-state index is -0.193. The fourth-order valence-corrected chi connectivity index (χ4v) is 1.91. The number of rotatable bonds is 6. The normalized spacial score (nSPS) is 13.1. The van der Waals surface area contributed by atoms with Crippen molar-refractivity contribution in [2.24, 2.45) is 5.92 Å². The SMILES string of the molecule is Cc1cc(F)ccc1CNC(CCO)C(C)C. The van der Waals surface area contributed by atoms with E-state index in [-0.39, 0.29) is 12.4 Å². The minimum Gasteiger partial charge on any atom is -0.396 e. The minimum absolute atomic E-state index is 0.193. The molecule has 1 aromatic carbocycles. The van der Waals surface area contributed by atoms with Crippen LogP contribution in [0.2, 0.25) is 0 Å². The van der Waals surface area contributed by atoms with E-state index in [1.807, 2.05) is 13.0 Å². The zero-order valence-corrected chi connectivity index (χ0v) is 10.8. The molecule has 0 spiro atoms. The fourth-order valence-electron chi connectivity index (χ4n) is 1.91. The third-order valence-corrected chi connectivity index (χ3v) is 3.10. The summed E-state index contributed by atoms with van der Waals surface area (Å²) >= 11 is 0. The Labute approximate surface area is 103 Å². The molecule has 1 atom stereocenters. The topological polar surface area (TPSA) is 32.3 Å². The largest absolute Gasteiger partial charge is 0.396 e. The summed E-state index contributed by atoms with van der Waals surface area (Å²) in [7, 11) is 0. The smallest absolute Gasteiger partial charge is 0.123 e. The summed E-state index contributed by atoms with van der Waals surface area (Å²) in [6.07, 6.45) is 0.748. The molecule has 17 heavy (non-hydrogen) atoms. The highest BCUT2D eigenvalue weighted by atomic mass is 19.1. The summed E-state index contributed by atoms with van der Waals surface area (Å²) < 4.78 is 12.9. The number of hydrogen-bond donors (Lipinski definition) is 2. The predicted octanol–water partition coefficient (Wildman–Crippen LogP) is 2.63. The summed E-state index contributed by atoms with van der Waals surface area (Å²) in [4.78, 5) is 0. The van der Waals surface area contributed by atoms with Crippen LogP contribution in [-0.2, 0) is 6.54 Å². The van der Waals surface area contributed by atoms with Gasteiger partial charge in [0.15, 0.2) is 0 Å². The zero-order valence-electron chi connectivity index (χ0n) is 10.8. The van der Waals surface area contributed by atoms with Gasteiger partial charge in [-0.25, -0.2) is 4.39 Å². The Kier molecular flexibility index (Phi) is 5.59. The maximum absolute atomic E-state index is 12.9. The first-order valence-electron chi connectivity index (χ1n) is 6.14. The third-order valence-electron chi connectivity index (χ3n) is 3.10. The molecule has 0 aliphatic carbocycles. The van der Waals surface area contributed by atoms with Crippen LogP contribution in [0.15, 0.2) is 18.2 Å². The van der Waals surface area contributed by atoms with Gasteiger partial charge in [0.05, 0.1) is 0 Å². The van der Waals surface area contributed by atoms with Crippen molar-refractivity contribution in [3.05, 3.63) is 35.1 Å². The maximum Gasteiger partial charge on any atom is 0.123 e. The van der Waals surface area contributed by atoms with Gasteiger partial charge in [-0.15, -0.1) is 0 Å². The number of hydrogen-bond acceptors (Lipinski definition) is 2. The van der Waals surface area contributed by atoms with Gasteiger partial charge >= 0.3 is 0 Å². The quantitative estimate of drug-likeness (QED) is 0.800. The van der Waals surface area contributed by atoms with Gasteiger partial charge in [0.2, 0.25) is 0 Å². The Hall–Kier alpha value is -0.930. The zero-order chi connectivity index (χ0) is 12.8. The van der Waals surface area contributed by atoms with Crippen molar-refractivity contribution in [3.63, 3.8) is 0 Å². The van der Waals surface area contributed by atoms with E-state index >= 15 is 0 Å². The molecule has 0 aromatic heterocycles. The van der Waals surface area contributed by atoms with Crippen molar-refractivity contribution in [1.82, 2.24) is 5.32 Å². The van der Waals surface area contributed by atoms with Crippen LogP contribution in [0, 0.1) is 18.7 Å². The van der Waals surface area contributed by atoms with Gasteiger partial charge in [0, 0.05) is 19.2 Å². The molecular weight excluding hydrogens is 217 g/mol. The van der Waals surface area contributed by atoms with Gasteiger partial charge in [-0.05, 0) is 42.5 Å². The second-order valence-corrected chi connectivity index (χ2v) is 4.81. The second-order valence-electron chi connectivity index (χ2n) is 4.81. The van der Waals surface area contributed by atoms with E-state index in [9.17, 15) is 4.39 Å². The molecule has 0 amide bonds. The standard InChI is InChI=1S/C14H22FNO/c1-10(2)14(6-7-17)16-9-12-4-5-13(15)8-11(12)3/h4-5,8,10,14,16-17H,6-7,9H2,1-3H3. The van der Waals surface area contributed by atoms with E-state index in [0.717, 1.165) is 24.1 Å². The van der Waals surface area contributed by atoms with Crippen LogP contribution in [0.5, 0.6) is 0 Å². The fraction of sp³-hybridized carbons (Fsp3) is 0.571. The number of nitrogens with one attached hydrogen (secondary N) is 1. The van der Waals surface area contributed by atoms with Crippen molar-refractivity contribution < 1.29 is 9.50 Å². The molecule has 1 rings (SSSR count). The van der Waals surface area contributed by atoms with Crippen LogP contribution < -0.4 is 5.32 Å². The molecule has 96 valence electrons. The molecule has 0 bridgehead atoms. The Morgan fingerprint density at radius 3 is 2.59 bits per heavy atom. The van der Waals surface area contributed by atoms with Gasteiger partial charge in [-0.3, -0.25) is 0 Å². The molecule has 0 saturated carbocycles. The Bertz CT molecular complexity index is 352. The highest BCUT2D eigenvalue weighted by Gasteiger charge is 2.12. The van der Waals surface area contributed by atoms with Crippen molar-refractivity contribution in [2.45, 2.75) is 39.8 Å². The van der Waals surface area contributed by atoms with Gasteiger partial charge in [0.1, 0.15) is 5.82 Å². The van der Waals surface area contributed by atoms with E-state index in [4.69, 9.17) is 5.11 Å². The monoisotopic (exact) mass is 239 g/mol. The Morgan fingerprint density at radius 1 is 1.35 bits per heavy atom. The molecule has 0 heterocycles. The molecule has 2 N–H and O–H groups in total. The number of aryl methyl sites for hydroxylation is 1. The van der Waals surface area contributed by atoms with Crippen LogP contribution in [0.3, 0.4) is 0 Å². The van der Waals surface area contributed by atoms with Crippen LogP contribution in [0.1, 0.15) is 31.4 Å². The number of aliphatic hydroxyl groups excluding tert-OH is 1. The van der Waals surface area contributed by atoms with Gasteiger partial charge in [0.25, 0.3) is 0 Å². The van der Waals surface area contributed by atoms with Crippen LogP contribution >= 0.6 is 0 Å². The van der Waals surface area contributed by atoms with E-state index in [1.165, 1.54) is 6.07 Å². The molecule has 0 aliphatic heterocycles.